The summed E-state index contributed by atoms with van der Waals surface area (Å²) in [5, 5.41) is -0.229. The van der Waals surface area contributed by atoms with Crippen LogP contribution in [0.3, 0.4) is 0 Å². The van der Waals surface area contributed by atoms with Crippen LogP contribution in [-0.2, 0) is 29.1 Å². The van der Waals surface area contributed by atoms with Crippen LogP contribution >= 0.6 is 0 Å². The van der Waals surface area contributed by atoms with Crippen molar-refractivity contribution in [3.8, 4) is 0 Å². The van der Waals surface area contributed by atoms with Crippen molar-refractivity contribution in [2.24, 2.45) is 11.8 Å². The third-order valence-electron chi connectivity index (χ3n) is 6.84. The summed E-state index contributed by atoms with van der Waals surface area (Å²) in [6.45, 7) is 5.88. The molecule has 0 unspecified atom stereocenters. The minimum atomic E-state index is -2.88. The van der Waals surface area contributed by atoms with Gasteiger partial charge in [0, 0.05) is 0 Å². The van der Waals surface area contributed by atoms with Gasteiger partial charge in [-0.15, -0.1) is 0 Å². The highest BCUT2D eigenvalue weighted by Gasteiger charge is 2.27. The number of sulfone groups is 1. The van der Waals surface area contributed by atoms with E-state index in [0.717, 1.165) is 18.8 Å². The van der Waals surface area contributed by atoms with Gasteiger partial charge in [0.25, 0.3) is 0 Å². The number of benzene rings is 1. The molecule has 1 aromatic rings. The molecule has 1 saturated carbocycles. The first-order valence-corrected chi connectivity index (χ1v) is 12.4. The molecule has 0 spiro atoms. The molecule has 146 valence electrons. The molecule has 0 aliphatic heterocycles. The highest BCUT2D eigenvalue weighted by Crippen LogP contribution is 2.34. The second kappa shape index (κ2) is 8.46. The van der Waals surface area contributed by atoms with Gasteiger partial charge in [0.05, 0.1) is 11.0 Å². The maximum absolute atomic E-state index is 12.2. The summed E-state index contributed by atoms with van der Waals surface area (Å²) in [6, 6.07) is 4.70. The van der Waals surface area contributed by atoms with E-state index in [0.29, 0.717) is 11.7 Å². The normalized spacial score (nSPS) is 23.8. The zero-order valence-corrected chi connectivity index (χ0v) is 17.7. The fourth-order valence-corrected chi connectivity index (χ4v) is 6.30. The van der Waals surface area contributed by atoms with Crippen molar-refractivity contribution in [2.75, 3.05) is 5.75 Å². The predicted octanol–water partition coefficient (Wildman–Crippen LogP) is 5.44. The number of aryl methyl sites for hydroxylation is 2. The summed E-state index contributed by atoms with van der Waals surface area (Å²) >= 11 is 0. The van der Waals surface area contributed by atoms with Crippen LogP contribution in [0.5, 0.6) is 0 Å². The lowest BCUT2D eigenvalue weighted by molar-refractivity contribution is 0.278. The van der Waals surface area contributed by atoms with Gasteiger partial charge < -0.3 is 0 Å². The van der Waals surface area contributed by atoms with Crippen LogP contribution < -0.4 is 0 Å². The first-order chi connectivity index (χ1) is 12.4. The van der Waals surface area contributed by atoms with Crippen molar-refractivity contribution in [3.63, 3.8) is 0 Å². The topological polar surface area (TPSA) is 34.1 Å². The Balaban J connectivity index is 1.52. The Bertz CT molecular complexity index is 710. The monoisotopic (exact) mass is 376 g/mol. The number of fused-ring (bicyclic) bond motifs is 1. The van der Waals surface area contributed by atoms with E-state index in [9.17, 15) is 8.42 Å². The molecule has 3 rings (SSSR count). The maximum Gasteiger partial charge on any atom is 0.152 e. The molecule has 0 N–H and O–H groups in total. The number of rotatable bonds is 6. The zero-order valence-electron chi connectivity index (χ0n) is 16.9. The summed E-state index contributed by atoms with van der Waals surface area (Å²) in [5.41, 5.74) is 6.37. The van der Waals surface area contributed by atoms with Crippen LogP contribution in [0.2, 0.25) is 0 Å². The van der Waals surface area contributed by atoms with Gasteiger partial charge in [-0.1, -0.05) is 25.0 Å². The molecule has 0 radical (unpaired) electrons. The Kier molecular flexibility index (Phi) is 6.48. The molecule has 1 aromatic carbocycles. The van der Waals surface area contributed by atoms with E-state index in [1.165, 1.54) is 56.9 Å². The molecule has 2 aliphatic carbocycles. The van der Waals surface area contributed by atoms with Crippen LogP contribution in [0.1, 0.15) is 81.0 Å². The number of hydrogen-bond acceptors (Lipinski definition) is 2. The fourth-order valence-electron chi connectivity index (χ4n) is 4.92. The average Bonchev–Trinajstić information content (AvgIpc) is 2.62. The first-order valence-electron chi connectivity index (χ1n) is 10.7. The molecule has 0 saturated heterocycles. The average molecular weight is 377 g/mol. The van der Waals surface area contributed by atoms with Crippen LogP contribution in [0.4, 0.5) is 0 Å². The smallest absolute Gasteiger partial charge is 0.152 e. The third-order valence-corrected chi connectivity index (χ3v) is 9.21. The summed E-state index contributed by atoms with van der Waals surface area (Å²) in [7, 11) is -2.88. The predicted molar refractivity (Wildman–Crippen MR) is 111 cm³/mol. The SMILES string of the molecule is Cc1ccc(CCC2CCC(CS(=O)(=O)C(C)C)CC2)c2c1CCCC2. The van der Waals surface area contributed by atoms with Gasteiger partial charge >= 0.3 is 0 Å². The third kappa shape index (κ3) is 4.71. The molecular formula is C23H36O2S. The Morgan fingerprint density at radius 1 is 0.962 bits per heavy atom. The quantitative estimate of drug-likeness (QED) is 0.663. The van der Waals surface area contributed by atoms with Gasteiger partial charge in [-0.25, -0.2) is 8.42 Å². The van der Waals surface area contributed by atoms with Gasteiger partial charge in [-0.05, 0) is 106 Å². The van der Waals surface area contributed by atoms with E-state index in [1.54, 1.807) is 16.7 Å². The lowest BCUT2D eigenvalue weighted by atomic mass is 9.79. The van der Waals surface area contributed by atoms with Crippen LogP contribution in [0.25, 0.3) is 0 Å². The molecule has 0 bridgehead atoms. The van der Waals surface area contributed by atoms with Crippen molar-refractivity contribution < 1.29 is 8.42 Å². The molecule has 2 nitrogen and oxygen atoms in total. The van der Waals surface area contributed by atoms with Crippen molar-refractivity contribution >= 4 is 9.84 Å². The second-order valence-corrected chi connectivity index (χ2v) is 11.6. The van der Waals surface area contributed by atoms with E-state index in [2.05, 4.69) is 19.1 Å². The van der Waals surface area contributed by atoms with Gasteiger partial charge in [0.1, 0.15) is 0 Å². The van der Waals surface area contributed by atoms with E-state index >= 15 is 0 Å². The minimum absolute atomic E-state index is 0.229. The standard InChI is InChI=1S/C23H36O2S/c1-17(2)26(24,25)16-20-11-9-19(10-12-20)13-15-21-14-8-18(3)22-6-4-5-7-23(21)22/h8,14,17,19-20H,4-7,9-13,15-16H2,1-3H3. The van der Waals surface area contributed by atoms with Crippen LogP contribution in [-0.4, -0.2) is 19.4 Å². The van der Waals surface area contributed by atoms with Crippen LogP contribution in [0.15, 0.2) is 12.1 Å². The summed E-state index contributed by atoms with van der Waals surface area (Å²) in [5.74, 6) is 1.59. The van der Waals surface area contributed by atoms with E-state index in [1.807, 2.05) is 13.8 Å². The van der Waals surface area contributed by atoms with Gasteiger partial charge in [-0.2, -0.15) is 0 Å². The lowest BCUT2D eigenvalue weighted by Gasteiger charge is -2.29. The Morgan fingerprint density at radius 2 is 1.58 bits per heavy atom. The second-order valence-electron chi connectivity index (χ2n) is 9.01. The first kappa shape index (κ1) is 19.9. The van der Waals surface area contributed by atoms with Gasteiger partial charge in [0.15, 0.2) is 9.84 Å². The molecule has 3 heteroatoms. The molecule has 0 atom stereocenters. The minimum Gasteiger partial charge on any atom is -0.229 e. The summed E-state index contributed by atoms with van der Waals surface area (Å²) in [6.07, 6.45) is 12.3. The highest BCUT2D eigenvalue weighted by atomic mass is 32.2. The summed E-state index contributed by atoms with van der Waals surface area (Å²) < 4.78 is 24.3. The zero-order chi connectivity index (χ0) is 18.7. The Morgan fingerprint density at radius 3 is 2.23 bits per heavy atom. The Labute approximate surface area is 160 Å². The van der Waals surface area contributed by atoms with Crippen molar-refractivity contribution in [1.82, 2.24) is 0 Å². The van der Waals surface area contributed by atoms with Crippen molar-refractivity contribution in [2.45, 2.75) is 90.2 Å². The van der Waals surface area contributed by atoms with Gasteiger partial charge in [0.2, 0.25) is 0 Å². The van der Waals surface area contributed by atoms with Crippen LogP contribution in [0, 0.1) is 18.8 Å². The van der Waals surface area contributed by atoms with Crippen molar-refractivity contribution in [1.29, 1.82) is 0 Å². The molecule has 26 heavy (non-hydrogen) atoms. The summed E-state index contributed by atoms with van der Waals surface area (Å²) in [4.78, 5) is 0. The van der Waals surface area contributed by atoms with Gasteiger partial charge in [-0.3, -0.25) is 0 Å². The molecule has 0 amide bonds. The molecule has 2 aliphatic rings. The Hall–Kier alpha value is -0.830. The number of hydrogen-bond donors (Lipinski definition) is 0. The molecular weight excluding hydrogens is 340 g/mol. The molecule has 0 aromatic heterocycles. The van der Waals surface area contributed by atoms with Crippen molar-refractivity contribution in [3.05, 3.63) is 34.4 Å². The highest BCUT2D eigenvalue weighted by molar-refractivity contribution is 7.91. The maximum atomic E-state index is 12.2. The molecule has 1 fully saturated rings. The van der Waals surface area contributed by atoms with E-state index in [-0.39, 0.29) is 5.25 Å². The lowest BCUT2D eigenvalue weighted by Crippen LogP contribution is -2.26. The molecule has 0 heterocycles. The largest absolute Gasteiger partial charge is 0.229 e. The van der Waals surface area contributed by atoms with E-state index < -0.39 is 9.84 Å². The van der Waals surface area contributed by atoms with E-state index in [4.69, 9.17) is 0 Å². The fraction of sp³-hybridized carbons (Fsp3) is 0.739.